The number of aromatic nitrogens is 2. The van der Waals surface area contributed by atoms with E-state index in [1.165, 1.54) is 24.8 Å². The second kappa shape index (κ2) is 6.19. The summed E-state index contributed by atoms with van der Waals surface area (Å²) in [5, 5.41) is 20.4. The number of nitrogens with one attached hydrogen (secondary N) is 2. The number of aliphatic hydroxyl groups excluding tert-OH is 1. The van der Waals surface area contributed by atoms with Crippen molar-refractivity contribution in [3.05, 3.63) is 47.2 Å². The molecule has 3 N–H and O–H groups in total. The fourth-order valence-electron chi connectivity index (χ4n) is 3.90. The average Bonchev–Trinajstić information content (AvgIpc) is 3.08. The molecule has 1 aromatic heterocycles. The minimum atomic E-state index is -0.712. The summed E-state index contributed by atoms with van der Waals surface area (Å²) in [7, 11) is 1.84. The van der Waals surface area contributed by atoms with Crippen LogP contribution in [0.3, 0.4) is 0 Å². The van der Waals surface area contributed by atoms with E-state index in [0.29, 0.717) is 18.2 Å². The van der Waals surface area contributed by atoms with E-state index in [1.54, 1.807) is 4.68 Å². The Kier molecular flexibility index (Phi) is 4.00. The monoisotopic (exact) mass is 340 g/mol. The highest BCUT2D eigenvalue weighted by molar-refractivity contribution is 5.89. The molecule has 2 aromatic rings. The maximum atomic E-state index is 12.6. The molecule has 25 heavy (non-hydrogen) atoms. The Bertz CT molecular complexity index is 796. The quantitative estimate of drug-likeness (QED) is 0.800. The molecule has 0 spiro atoms. The second-order valence-electron chi connectivity index (χ2n) is 7.18. The Morgan fingerprint density at radius 2 is 2.20 bits per heavy atom. The lowest BCUT2D eigenvalue weighted by Gasteiger charge is -2.29. The van der Waals surface area contributed by atoms with Crippen LogP contribution >= 0.6 is 0 Å². The van der Waals surface area contributed by atoms with E-state index in [0.717, 1.165) is 17.7 Å². The molecule has 2 amide bonds. The molecule has 132 valence electrons. The molecule has 1 saturated carbocycles. The smallest absolute Gasteiger partial charge is 0.321 e. The summed E-state index contributed by atoms with van der Waals surface area (Å²) in [6, 6.07) is 9.62. The van der Waals surface area contributed by atoms with Crippen LogP contribution in [0, 0.1) is 0 Å². The highest BCUT2D eigenvalue weighted by atomic mass is 16.3. The van der Waals surface area contributed by atoms with Crippen molar-refractivity contribution in [2.75, 3.05) is 11.9 Å². The standard InChI is InChI=1S/C19H24N4O2/c1-23-17(11-16(22-23)14-6-4-7-14)20-18(25)21-19(12-24)10-9-13-5-2-3-8-15(13)19/h2-3,5,8,11,14,24H,4,6-7,9-10,12H2,1H3,(H2,20,21,25). The van der Waals surface area contributed by atoms with Crippen molar-refractivity contribution < 1.29 is 9.90 Å². The van der Waals surface area contributed by atoms with Crippen molar-refractivity contribution in [3.8, 4) is 0 Å². The predicted octanol–water partition coefficient (Wildman–Crippen LogP) is 2.64. The number of rotatable bonds is 4. The first-order chi connectivity index (χ1) is 12.1. The van der Waals surface area contributed by atoms with Gasteiger partial charge in [0.15, 0.2) is 0 Å². The minimum absolute atomic E-state index is 0.115. The lowest BCUT2D eigenvalue weighted by atomic mass is 9.83. The number of hydrogen-bond donors (Lipinski definition) is 3. The predicted molar refractivity (Wildman–Crippen MR) is 95.5 cm³/mol. The van der Waals surface area contributed by atoms with E-state index < -0.39 is 5.54 Å². The van der Waals surface area contributed by atoms with Crippen molar-refractivity contribution in [1.82, 2.24) is 15.1 Å². The first-order valence-corrected chi connectivity index (χ1v) is 8.94. The zero-order chi connectivity index (χ0) is 17.4. The number of hydrogen-bond acceptors (Lipinski definition) is 3. The number of carbonyl (C=O) groups is 1. The lowest BCUT2D eigenvalue weighted by Crippen LogP contribution is -2.49. The Labute approximate surface area is 147 Å². The number of carbonyl (C=O) groups excluding carboxylic acids is 1. The third-order valence-electron chi connectivity index (χ3n) is 5.64. The van der Waals surface area contributed by atoms with E-state index >= 15 is 0 Å². The van der Waals surface area contributed by atoms with Gasteiger partial charge in [-0.25, -0.2) is 4.79 Å². The topological polar surface area (TPSA) is 79.2 Å². The number of anilines is 1. The molecule has 6 nitrogen and oxygen atoms in total. The number of benzene rings is 1. The van der Waals surface area contributed by atoms with Gasteiger partial charge in [-0.1, -0.05) is 30.7 Å². The van der Waals surface area contributed by atoms with Crippen LogP contribution in [0.15, 0.2) is 30.3 Å². The summed E-state index contributed by atoms with van der Waals surface area (Å²) in [6.45, 7) is -0.115. The first-order valence-electron chi connectivity index (χ1n) is 8.94. The van der Waals surface area contributed by atoms with E-state index in [-0.39, 0.29) is 12.6 Å². The van der Waals surface area contributed by atoms with E-state index in [2.05, 4.69) is 21.8 Å². The third-order valence-corrected chi connectivity index (χ3v) is 5.64. The molecule has 0 bridgehead atoms. The van der Waals surface area contributed by atoms with Gasteiger partial charge in [0.2, 0.25) is 0 Å². The molecule has 1 unspecified atom stereocenters. The van der Waals surface area contributed by atoms with Gasteiger partial charge in [0.1, 0.15) is 5.82 Å². The summed E-state index contributed by atoms with van der Waals surface area (Å²) in [5.74, 6) is 1.20. The van der Waals surface area contributed by atoms with Crippen LogP contribution in [-0.4, -0.2) is 27.5 Å². The molecule has 2 aliphatic rings. The SMILES string of the molecule is Cn1nc(C2CCC2)cc1NC(=O)NC1(CO)CCc2ccccc21. The molecule has 0 radical (unpaired) electrons. The van der Waals surface area contributed by atoms with Gasteiger partial charge in [0, 0.05) is 19.0 Å². The van der Waals surface area contributed by atoms with E-state index in [1.807, 2.05) is 31.3 Å². The van der Waals surface area contributed by atoms with Gasteiger partial charge in [-0.15, -0.1) is 0 Å². The molecule has 0 aliphatic heterocycles. The van der Waals surface area contributed by atoms with E-state index in [4.69, 9.17) is 0 Å². The maximum absolute atomic E-state index is 12.6. The zero-order valence-corrected chi connectivity index (χ0v) is 14.5. The van der Waals surface area contributed by atoms with Crippen LogP contribution in [0.25, 0.3) is 0 Å². The molecule has 1 fully saturated rings. The molecule has 1 heterocycles. The lowest BCUT2D eigenvalue weighted by molar-refractivity contribution is 0.164. The van der Waals surface area contributed by atoms with E-state index in [9.17, 15) is 9.90 Å². The number of fused-ring (bicyclic) bond motifs is 1. The van der Waals surface area contributed by atoms with Gasteiger partial charge in [-0.05, 0) is 36.8 Å². The third kappa shape index (κ3) is 2.80. The zero-order valence-electron chi connectivity index (χ0n) is 14.5. The maximum Gasteiger partial charge on any atom is 0.321 e. The fourth-order valence-corrected chi connectivity index (χ4v) is 3.90. The van der Waals surface area contributed by atoms with Gasteiger partial charge in [-0.2, -0.15) is 5.10 Å². The second-order valence-corrected chi connectivity index (χ2v) is 7.18. The summed E-state index contributed by atoms with van der Waals surface area (Å²) in [5.41, 5.74) is 2.53. The van der Waals surface area contributed by atoms with Crippen LogP contribution in [0.2, 0.25) is 0 Å². The Balaban J connectivity index is 1.49. The number of aryl methyl sites for hydroxylation is 2. The Morgan fingerprint density at radius 1 is 1.40 bits per heavy atom. The van der Waals surface area contributed by atoms with Gasteiger partial charge >= 0.3 is 6.03 Å². The van der Waals surface area contributed by atoms with Gasteiger partial charge in [-0.3, -0.25) is 10.00 Å². The normalized spacial score (nSPS) is 22.3. The Hall–Kier alpha value is -2.34. The molecule has 1 atom stereocenters. The number of aliphatic hydroxyl groups is 1. The minimum Gasteiger partial charge on any atom is -0.394 e. The number of urea groups is 1. The van der Waals surface area contributed by atoms with Crippen molar-refractivity contribution in [1.29, 1.82) is 0 Å². The van der Waals surface area contributed by atoms with Gasteiger partial charge < -0.3 is 10.4 Å². The summed E-state index contributed by atoms with van der Waals surface area (Å²) in [6.07, 6.45) is 5.16. The van der Waals surface area contributed by atoms with Crippen molar-refractivity contribution in [3.63, 3.8) is 0 Å². The van der Waals surface area contributed by atoms with Crippen LogP contribution in [0.1, 0.15) is 48.4 Å². The average molecular weight is 340 g/mol. The Morgan fingerprint density at radius 3 is 2.92 bits per heavy atom. The molecular weight excluding hydrogens is 316 g/mol. The van der Waals surface area contributed by atoms with Crippen molar-refractivity contribution in [2.45, 2.75) is 43.6 Å². The molecular formula is C19H24N4O2. The van der Waals surface area contributed by atoms with Crippen LogP contribution in [0.4, 0.5) is 10.6 Å². The highest BCUT2D eigenvalue weighted by Crippen LogP contribution is 2.37. The van der Waals surface area contributed by atoms with Gasteiger partial charge in [0.25, 0.3) is 0 Å². The molecule has 2 aliphatic carbocycles. The first kappa shape index (κ1) is 16.1. The number of amides is 2. The fraction of sp³-hybridized carbons (Fsp3) is 0.474. The molecule has 6 heteroatoms. The molecule has 1 aromatic carbocycles. The number of nitrogens with zero attached hydrogens (tertiary/aromatic N) is 2. The highest BCUT2D eigenvalue weighted by Gasteiger charge is 2.39. The summed E-state index contributed by atoms with van der Waals surface area (Å²) >= 11 is 0. The molecule has 0 saturated heterocycles. The summed E-state index contributed by atoms with van der Waals surface area (Å²) < 4.78 is 1.71. The van der Waals surface area contributed by atoms with Gasteiger partial charge in [0.05, 0.1) is 17.8 Å². The van der Waals surface area contributed by atoms with Crippen molar-refractivity contribution in [2.24, 2.45) is 7.05 Å². The van der Waals surface area contributed by atoms with Crippen LogP contribution in [0.5, 0.6) is 0 Å². The van der Waals surface area contributed by atoms with Crippen LogP contribution < -0.4 is 10.6 Å². The largest absolute Gasteiger partial charge is 0.394 e. The van der Waals surface area contributed by atoms with Crippen molar-refractivity contribution >= 4 is 11.8 Å². The summed E-state index contributed by atoms with van der Waals surface area (Å²) in [4.78, 5) is 12.6. The molecule has 4 rings (SSSR count). The van der Waals surface area contributed by atoms with Crippen LogP contribution in [-0.2, 0) is 19.0 Å².